The average molecular weight is 357 g/mol. The molecule has 0 aliphatic carbocycles. The average Bonchev–Trinajstić information content (AvgIpc) is 2.64. The van der Waals surface area contributed by atoms with Crippen molar-refractivity contribution in [2.75, 3.05) is 0 Å². The lowest BCUT2D eigenvalue weighted by atomic mass is 9.72. The molecule has 0 radical (unpaired) electrons. The predicted octanol–water partition coefficient (Wildman–Crippen LogP) is 5.03. The summed E-state index contributed by atoms with van der Waals surface area (Å²) >= 11 is 0. The SMILES string of the molecule is OC1(c2ccc(C(F)F)cc2)CC2CCCC(C1)N2Cc1ccccc1. The summed E-state index contributed by atoms with van der Waals surface area (Å²) in [6.45, 7) is 0.913. The Morgan fingerprint density at radius 2 is 1.58 bits per heavy atom. The van der Waals surface area contributed by atoms with E-state index in [-0.39, 0.29) is 5.56 Å². The van der Waals surface area contributed by atoms with Gasteiger partial charge in [-0.3, -0.25) is 4.90 Å². The maximum atomic E-state index is 12.8. The van der Waals surface area contributed by atoms with Gasteiger partial charge in [-0.2, -0.15) is 0 Å². The quantitative estimate of drug-likeness (QED) is 0.830. The minimum atomic E-state index is -2.47. The number of nitrogens with zero attached hydrogens (tertiary/aromatic N) is 1. The molecule has 0 amide bonds. The van der Waals surface area contributed by atoms with Gasteiger partial charge >= 0.3 is 0 Å². The van der Waals surface area contributed by atoms with Crippen molar-refractivity contribution in [2.45, 2.75) is 62.8 Å². The number of aliphatic hydroxyl groups is 1. The molecule has 2 atom stereocenters. The van der Waals surface area contributed by atoms with Crippen molar-refractivity contribution in [3.8, 4) is 0 Å². The van der Waals surface area contributed by atoms with E-state index < -0.39 is 12.0 Å². The highest BCUT2D eigenvalue weighted by atomic mass is 19.3. The molecule has 2 heterocycles. The van der Waals surface area contributed by atoms with Gasteiger partial charge in [0.15, 0.2) is 0 Å². The van der Waals surface area contributed by atoms with Crippen molar-refractivity contribution < 1.29 is 13.9 Å². The Bertz CT molecular complexity index is 718. The summed E-state index contributed by atoms with van der Waals surface area (Å²) in [6, 6.07) is 17.4. The van der Waals surface area contributed by atoms with Crippen LogP contribution in [0.2, 0.25) is 0 Å². The van der Waals surface area contributed by atoms with Crippen LogP contribution in [0.1, 0.15) is 55.2 Å². The molecule has 2 aromatic rings. The molecule has 2 saturated heterocycles. The summed E-state index contributed by atoms with van der Waals surface area (Å²) in [5.74, 6) is 0. The van der Waals surface area contributed by atoms with Gasteiger partial charge in [0.05, 0.1) is 5.60 Å². The number of fused-ring (bicyclic) bond motifs is 2. The van der Waals surface area contributed by atoms with Gasteiger partial charge in [0.1, 0.15) is 0 Å². The fourth-order valence-electron chi connectivity index (χ4n) is 4.75. The Balaban J connectivity index is 1.55. The fraction of sp³-hybridized carbons (Fsp3) is 0.455. The molecule has 0 aromatic heterocycles. The lowest BCUT2D eigenvalue weighted by Crippen LogP contribution is -2.56. The van der Waals surface area contributed by atoms with Gasteiger partial charge < -0.3 is 5.11 Å². The van der Waals surface area contributed by atoms with Crippen LogP contribution in [0.5, 0.6) is 0 Å². The second-order valence-electron chi connectivity index (χ2n) is 7.76. The van der Waals surface area contributed by atoms with Crippen molar-refractivity contribution in [1.29, 1.82) is 0 Å². The number of hydrogen-bond acceptors (Lipinski definition) is 2. The number of rotatable bonds is 4. The van der Waals surface area contributed by atoms with Crippen LogP contribution in [0.4, 0.5) is 8.78 Å². The summed E-state index contributed by atoms with van der Waals surface area (Å²) in [7, 11) is 0. The first kappa shape index (κ1) is 17.6. The van der Waals surface area contributed by atoms with E-state index in [0.29, 0.717) is 24.9 Å². The second kappa shape index (κ2) is 7.09. The van der Waals surface area contributed by atoms with E-state index in [0.717, 1.165) is 24.9 Å². The summed E-state index contributed by atoms with van der Waals surface area (Å²) in [4.78, 5) is 2.54. The van der Waals surface area contributed by atoms with Crippen molar-refractivity contribution in [2.24, 2.45) is 0 Å². The molecule has 1 N–H and O–H groups in total. The zero-order valence-corrected chi connectivity index (χ0v) is 14.8. The van der Waals surface area contributed by atoms with Crippen LogP contribution < -0.4 is 0 Å². The van der Waals surface area contributed by atoms with E-state index in [1.807, 2.05) is 6.07 Å². The van der Waals surface area contributed by atoms with E-state index in [4.69, 9.17) is 0 Å². The van der Waals surface area contributed by atoms with Gasteiger partial charge in [-0.05, 0) is 36.8 Å². The van der Waals surface area contributed by atoms with Gasteiger partial charge in [-0.25, -0.2) is 8.78 Å². The molecule has 2 unspecified atom stereocenters. The second-order valence-corrected chi connectivity index (χ2v) is 7.76. The highest BCUT2D eigenvalue weighted by Gasteiger charge is 2.46. The molecular formula is C22H25F2NO. The molecule has 26 heavy (non-hydrogen) atoms. The number of hydrogen-bond donors (Lipinski definition) is 1. The topological polar surface area (TPSA) is 23.5 Å². The third-order valence-corrected chi connectivity index (χ3v) is 6.07. The number of piperidine rings is 2. The van der Waals surface area contributed by atoms with Gasteiger partial charge in [0.25, 0.3) is 6.43 Å². The lowest BCUT2D eigenvalue weighted by molar-refractivity contribution is -0.0999. The molecule has 2 aliphatic rings. The van der Waals surface area contributed by atoms with Crippen LogP contribution >= 0.6 is 0 Å². The molecule has 2 aliphatic heterocycles. The Labute approximate surface area is 153 Å². The molecule has 2 nitrogen and oxygen atoms in total. The smallest absolute Gasteiger partial charge is 0.263 e. The number of alkyl halides is 2. The van der Waals surface area contributed by atoms with Crippen LogP contribution in [-0.2, 0) is 12.1 Å². The van der Waals surface area contributed by atoms with Gasteiger partial charge in [0.2, 0.25) is 0 Å². The first-order valence-electron chi connectivity index (χ1n) is 9.46. The minimum Gasteiger partial charge on any atom is -0.385 e. The Morgan fingerprint density at radius 1 is 0.962 bits per heavy atom. The van der Waals surface area contributed by atoms with E-state index in [9.17, 15) is 13.9 Å². The molecule has 0 saturated carbocycles. The monoisotopic (exact) mass is 357 g/mol. The zero-order chi connectivity index (χ0) is 18.1. The summed E-state index contributed by atoms with van der Waals surface area (Å²) in [5.41, 5.74) is 1.18. The number of benzene rings is 2. The summed E-state index contributed by atoms with van der Waals surface area (Å²) in [5, 5.41) is 11.3. The molecule has 0 spiro atoms. The van der Waals surface area contributed by atoms with Gasteiger partial charge in [-0.1, -0.05) is 61.0 Å². The normalized spacial score (nSPS) is 29.1. The van der Waals surface area contributed by atoms with Crippen molar-refractivity contribution in [3.05, 3.63) is 71.3 Å². The maximum absolute atomic E-state index is 12.8. The van der Waals surface area contributed by atoms with Crippen LogP contribution in [0.25, 0.3) is 0 Å². The molecule has 4 rings (SSSR count). The van der Waals surface area contributed by atoms with E-state index in [1.54, 1.807) is 12.1 Å². The Hall–Kier alpha value is -1.78. The first-order chi connectivity index (χ1) is 12.5. The Kier molecular flexibility index (Phi) is 4.80. The molecule has 4 heteroatoms. The summed E-state index contributed by atoms with van der Waals surface area (Å²) in [6.07, 6.45) is 2.24. The lowest BCUT2D eigenvalue weighted by Gasteiger charge is -2.52. The molecule has 2 fully saturated rings. The third kappa shape index (κ3) is 3.40. The fourth-order valence-corrected chi connectivity index (χ4v) is 4.75. The van der Waals surface area contributed by atoms with E-state index in [2.05, 4.69) is 29.2 Å². The highest BCUT2D eigenvalue weighted by molar-refractivity contribution is 5.29. The third-order valence-electron chi connectivity index (χ3n) is 6.07. The minimum absolute atomic E-state index is 0.0130. The van der Waals surface area contributed by atoms with Gasteiger partial charge in [-0.15, -0.1) is 0 Å². The molecular weight excluding hydrogens is 332 g/mol. The van der Waals surface area contributed by atoms with Crippen molar-refractivity contribution >= 4 is 0 Å². The zero-order valence-electron chi connectivity index (χ0n) is 14.8. The van der Waals surface area contributed by atoms with E-state index in [1.165, 1.54) is 24.1 Å². The largest absolute Gasteiger partial charge is 0.385 e. The predicted molar refractivity (Wildman–Crippen MR) is 97.9 cm³/mol. The molecule has 138 valence electrons. The van der Waals surface area contributed by atoms with Gasteiger partial charge in [0, 0.05) is 24.2 Å². The van der Waals surface area contributed by atoms with Crippen LogP contribution in [0.15, 0.2) is 54.6 Å². The van der Waals surface area contributed by atoms with E-state index >= 15 is 0 Å². The van der Waals surface area contributed by atoms with Crippen molar-refractivity contribution in [1.82, 2.24) is 4.90 Å². The maximum Gasteiger partial charge on any atom is 0.263 e. The Morgan fingerprint density at radius 3 is 2.15 bits per heavy atom. The summed E-state index contributed by atoms with van der Waals surface area (Å²) < 4.78 is 25.6. The first-order valence-corrected chi connectivity index (χ1v) is 9.46. The molecule has 2 aromatic carbocycles. The van der Waals surface area contributed by atoms with Crippen LogP contribution in [-0.4, -0.2) is 22.1 Å². The number of halogens is 2. The molecule has 2 bridgehead atoms. The standard InChI is InChI=1S/C22H25F2NO/c23-21(24)17-9-11-18(12-10-17)22(26)13-19-7-4-8-20(14-22)25(19)15-16-5-2-1-3-6-16/h1-3,5-6,9-12,19-21,26H,4,7-8,13-15H2. The van der Waals surface area contributed by atoms with Crippen molar-refractivity contribution in [3.63, 3.8) is 0 Å². The highest BCUT2D eigenvalue weighted by Crippen LogP contribution is 2.45. The van der Waals surface area contributed by atoms with Crippen LogP contribution in [0.3, 0.4) is 0 Å². The van der Waals surface area contributed by atoms with Crippen LogP contribution in [0, 0.1) is 0 Å².